The van der Waals surface area contributed by atoms with E-state index in [1.807, 2.05) is 29.9 Å². The fraction of sp³-hybridized carbons (Fsp3) is 0.375. The monoisotopic (exact) mass is 452 g/mol. The first-order valence-corrected chi connectivity index (χ1v) is 11.2. The van der Waals surface area contributed by atoms with Crippen LogP contribution in [-0.2, 0) is 24.1 Å². The Kier molecular flexibility index (Phi) is 5.57. The number of pyridine rings is 1. The molecular weight excluding hydrogens is 426 g/mol. The highest BCUT2D eigenvalue weighted by Crippen LogP contribution is 2.29. The molecule has 0 saturated heterocycles. The first-order chi connectivity index (χ1) is 16.0. The zero-order chi connectivity index (χ0) is 23.1. The van der Waals surface area contributed by atoms with E-state index < -0.39 is 11.6 Å². The van der Waals surface area contributed by atoms with Crippen molar-refractivity contribution >= 4 is 11.6 Å². The molecule has 1 N–H and O–H groups in total. The van der Waals surface area contributed by atoms with E-state index in [9.17, 15) is 8.78 Å². The molecule has 0 amide bonds. The van der Waals surface area contributed by atoms with Gasteiger partial charge in [0.15, 0.2) is 17.3 Å². The Labute approximate surface area is 190 Å². The lowest BCUT2D eigenvalue weighted by molar-refractivity contribution is 0.0434. The minimum absolute atomic E-state index is 0.0154. The van der Waals surface area contributed by atoms with Gasteiger partial charge in [0.25, 0.3) is 0 Å². The number of rotatable bonds is 6. The second-order valence-electron chi connectivity index (χ2n) is 8.30. The minimum atomic E-state index is -0.880. The number of hydrogen-bond donors (Lipinski definition) is 1. The first kappa shape index (κ1) is 21.5. The number of fused-ring (bicyclic) bond motifs is 2. The number of hydrogen-bond acceptors (Lipinski definition) is 5. The number of aryl methyl sites for hydroxylation is 2. The summed E-state index contributed by atoms with van der Waals surface area (Å²) in [4.78, 5) is 4.68. The average Bonchev–Trinajstić information content (AvgIpc) is 3.40. The van der Waals surface area contributed by atoms with Crippen LogP contribution in [0, 0.1) is 18.6 Å². The summed E-state index contributed by atoms with van der Waals surface area (Å²) in [6.45, 7) is 7.05. The molecule has 9 heteroatoms. The number of halogens is 2. The maximum absolute atomic E-state index is 14.1. The first-order valence-electron chi connectivity index (χ1n) is 11.2. The number of nitrogens with zero attached hydrogens (tertiary/aromatic N) is 5. The zero-order valence-corrected chi connectivity index (χ0v) is 18.8. The van der Waals surface area contributed by atoms with Crippen LogP contribution in [0.3, 0.4) is 0 Å². The molecule has 0 spiro atoms. The maximum atomic E-state index is 14.1. The van der Waals surface area contributed by atoms with Gasteiger partial charge in [0, 0.05) is 37.0 Å². The largest absolute Gasteiger partial charge is 0.376 e. The van der Waals surface area contributed by atoms with Crippen molar-refractivity contribution in [2.24, 2.45) is 0 Å². The van der Waals surface area contributed by atoms with E-state index in [0.717, 1.165) is 19.4 Å². The van der Waals surface area contributed by atoms with Crippen LogP contribution in [0.15, 0.2) is 36.7 Å². The molecule has 0 saturated carbocycles. The molecule has 7 nitrogen and oxygen atoms in total. The number of aromatic nitrogens is 5. The molecule has 2 unspecified atom stereocenters. The lowest BCUT2D eigenvalue weighted by Gasteiger charge is -2.32. The van der Waals surface area contributed by atoms with E-state index in [-0.39, 0.29) is 17.7 Å². The zero-order valence-electron chi connectivity index (χ0n) is 18.8. The van der Waals surface area contributed by atoms with Crippen LogP contribution in [0.2, 0.25) is 0 Å². The summed E-state index contributed by atoms with van der Waals surface area (Å²) in [5.74, 6) is -1.25. The average molecular weight is 453 g/mol. The van der Waals surface area contributed by atoms with Crippen molar-refractivity contribution in [2.75, 3.05) is 11.9 Å². The van der Waals surface area contributed by atoms with Crippen molar-refractivity contribution in [3.05, 3.63) is 65.1 Å². The van der Waals surface area contributed by atoms with Gasteiger partial charge in [-0.15, -0.1) is 5.10 Å². The standard InChI is InChI=1S/C24H26F2N6O/c1-4-31-20-12-21(33-5-2)19(11-16(20)13-27-31)28-24-29-23-17(7-6-8-32(23)30-24)15-9-14(3)22(26)18(25)10-15/h6-10,13,19,21H,4-5,11-12H2,1-3H3,(H,28,30). The molecule has 1 aromatic carbocycles. The van der Waals surface area contributed by atoms with Crippen molar-refractivity contribution in [1.29, 1.82) is 0 Å². The van der Waals surface area contributed by atoms with Crippen molar-refractivity contribution in [3.63, 3.8) is 0 Å². The predicted molar refractivity (Wildman–Crippen MR) is 121 cm³/mol. The Hall–Kier alpha value is -3.33. The Balaban J connectivity index is 1.48. The Morgan fingerprint density at radius 1 is 1.21 bits per heavy atom. The molecule has 0 aliphatic heterocycles. The van der Waals surface area contributed by atoms with Crippen LogP contribution in [-0.4, -0.2) is 43.1 Å². The van der Waals surface area contributed by atoms with E-state index in [0.29, 0.717) is 29.3 Å². The van der Waals surface area contributed by atoms with Crippen LogP contribution in [0.1, 0.15) is 30.7 Å². The van der Waals surface area contributed by atoms with Gasteiger partial charge in [-0.1, -0.05) is 0 Å². The molecule has 3 aromatic heterocycles. The highest BCUT2D eigenvalue weighted by atomic mass is 19.2. The van der Waals surface area contributed by atoms with Gasteiger partial charge in [-0.05, 0) is 68.1 Å². The third-order valence-electron chi connectivity index (χ3n) is 6.20. The van der Waals surface area contributed by atoms with Gasteiger partial charge < -0.3 is 10.1 Å². The SMILES string of the molecule is CCOC1Cc2c(cnn2CC)CC1Nc1nc2c(-c3cc(C)c(F)c(F)c3)cccn2n1. The lowest BCUT2D eigenvalue weighted by Crippen LogP contribution is -2.43. The van der Waals surface area contributed by atoms with Crippen LogP contribution < -0.4 is 5.32 Å². The molecule has 2 atom stereocenters. The molecule has 4 aromatic rings. The molecule has 33 heavy (non-hydrogen) atoms. The quantitative estimate of drug-likeness (QED) is 0.475. The molecule has 5 rings (SSSR count). The Morgan fingerprint density at radius 2 is 2.06 bits per heavy atom. The number of benzene rings is 1. The van der Waals surface area contributed by atoms with Gasteiger partial charge in [0.05, 0.1) is 18.3 Å². The van der Waals surface area contributed by atoms with E-state index in [1.165, 1.54) is 17.3 Å². The third kappa shape index (κ3) is 3.86. The van der Waals surface area contributed by atoms with Gasteiger partial charge in [-0.2, -0.15) is 10.1 Å². The van der Waals surface area contributed by atoms with Gasteiger partial charge in [-0.25, -0.2) is 13.3 Å². The number of ether oxygens (including phenoxy) is 1. The van der Waals surface area contributed by atoms with Gasteiger partial charge >= 0.3 is 0 Å². The fourth-order valence-corrected chi connectivity index (χ4v) is 4.60. The highest BCUT2D eigenvalue weighted by molar-refractivity contribution is 5.78. The lowest BCUT2D eigenvalue weighted by atomic mass is 9.90. The minimum Gasteiger partial charge on any atom is -0.376 e. The van der Waals surface area contributed by atoms with Crippen LogP contribution >= 0.6 is 0 Å². The summed E-state index contributed by atoms with van der Waals surface area (Å²) in [6, 6.07) is 6.44. The van der Waals surface area contributed by atoms with Gasteiger partial charge in [0.2, 0.25) is 5.95 Å². The summed E-state index contributed by atoms with van der Waals surface area (Å²) >= 11 is 0. The van der Waals surface area contributed by atoms with Gasteiger partial charge in [-0.3, -0.25) is 4.68 Å². The van der Waals surface area contributed by atoms with Crippen molar-refractivity contribution in [2.45, 2.75) is 52.3 Å². The summed E-state index contributed by atoms with van der Waals surface area (Å²) in [6.07, 6.45) is 5.20. The molecule has 3 heterocycles. The third-order valence-corrected chi connectivity index (χ3v) is 6.20. The summed E-state index contributed by atoms with van der Waals surface area (Å²) in [5, 5.41) is 12.5. The van der Waals surface area contributed by atoms with E-state index in [4.69, 9.17) is 4.74 Å². The molecule has 0 radical (unpaired) electrons. The Bertz CT molecular complexity index is 1290. The topological polar surface area (TPSA) is 69.3 Å². The Morgan fingerprint density at radius 3 is 2.82 bits per heavy atom. The molecule has 0 bridgehead atoms. The van der Waals surface area contributed by atoms with Crippen LogP contribution in [0.25, 0.3) is 16.8 Å². The molecule has 0 fully saturated rings. The van der Waals surface area contributed by atoms with Crippen molar-refractivity contribution in [3.8, 4) is 11.1 Å². The summed E-state index contributed by atoms with van der Waals surface area (Å²) in [7, 11) is 0. The van der Waals surface area contributed by atoms with Crippen LogP contribution in [0.5, 0.6) is 0 Å². The normalized spacial score (nSPS) is 18.0. The maximum Gasteiger partial charge on any atom is 0.243 e. The molecule has 1 aliphatic rings. The van der Waals surface area contributed by atoms with Gasteiger partial charge in [0.1, 0.15) is 0 Å². The molecule has 1 aliphatic carbocycles. The van der Waals surface area contributed by atoms with E-state index in [1.54, 1.807) is 23.7 Å². The van der Waals surface area contributed by atoms with Crippen molar-refractivity contribution < 1.29 is 13.5 Å². The summed E-state index contributed by atoms with van der Waals surface area (Å²) < 4.78 is 37.6. The fourth-order valence-electron chi connectivity index (χ4n) is 4.60. The smallest absolute Gasteiger partial charge is 0.243 e. The molecule has 172 valence electrons. The second-order valence-corrected chi connectivity index (χ2v) is 8.30. The van der Waals surface area contributed by atoms with E-state index >= 15 is 0 Å². The predicted octanol–water partition coefficient (Wildman–Crippen LogP) is 4.18. The number of anilines is 1. The van der Waals surface area contributed by atoms with Crippen LogP contribution in [0.4, 0.5) is 14.7 Å². The molecular formula is C24H26F2N6O. The van der Waals surface area contributed by atoms with E-state index in [2.05, 4.69) is 27.4 Å². The summed E-state index contributed by atoms with van der Waals surface area (Å²) in [5.41, 5.74) is 4.46. The highest BCUT2D eigenvalue weighted by Gasteiger charge is 2.32. The second kappa shape index (κ2) is 8.55. The number of nitrogens with one attached hydrogen (secondary N) is 1. The van der Waals surface area contributed by atoms with Crippen molar-refractivity contribution in [1.82, 2.24) is 24.4 Å².